The lowest BCUT2D eigenvalue weighted by atomic mass is 10.0. The van der Waals surface area contributed by atoms with E-state index in [1.54, 1.807) is 0 Å². The molecular formula is C20H16F2O5. The number of allylic oxidation sites excluding steroid dienone is 1. The number of hydrogen-bond acceptors (Lipinski definition) is 5. The molecule has 0 saturated carbocycles. The molecule has 0 atom stereocenters. The predicted molar refractivity (Wildman–Crippen MR) is 93.5 cm³/mol. The van der Waals surface area contributed by atoms with Crippen molar-refractivity contribution in [2.45, 2.75) is 6.92 Å². The number of carbonyl (C=O) groups is 3. The number of hydrogen-bond donors (Lipinski definition) is 0. The van der Waals surface area contributed by atoms with E-state index in [-0.39, 0.29) is 28.2 Å². The minimum absolute atomic E-state index is 0.0190. The Morgan fingerprint density at radius 2 is 1.41 bits per heavy atom. The summed E-state index contributed by atoms with van der Waals surface area (Å²) in [6.45, 7) is 1.32. The van der Waals surface area contributed by atoms with E-state index in [1.165, 1.54) is 32.2 Å². The molecule has 140 valence electrons. The first kappa shape index (κ1) is 20.0. The third kappa shape index (κ3) is 4.44. The molecule has 0 heterocycles. The monoisotopic (exact) mass is 374 g/mol. The Morgan fingerprint density at radius 3 is 1.96 bits per heavy atom. The largest absolute Gasteiger partial charge is 0.496 e. The molecular weight excluding hydrogens is 358 g/mol. The molecule has 0 bridgehead atoms. The van der Waals surface area contributed by atoms with Gasteiger partial charge in [0.05, 0.1) is 25.3 Å². The summed E-state index contributed by atoms with van der Waals surface area (Å²) in [5.74, 6) is -3.50. The first-order valence-electron chi connectivity index (χ1n) is 7.77. The maximum Gasteiger partial charge on any atom is 0.340 e. The second kappa shape index (κ2) is 8.35. The minimum atomic E-state index is -0.932. The van der Waals surface area contributed by atoms with E-state index in [2.05, 4.69) is 4.74 Å². The van der Waals surface area contributed by atoms with Crippen LogP contribution < -0.4 is 0 Å². The van der Waals surface area contributed by atoms with Gasteiger partial charge in [-0.05, 0) is 43.3 Å². The summed E-state index contributed by atoms with van der Waals surface area (Å²) in [6, 6.07) is 6.85. The van der Waals surface area contributed by atoms with Crippen LogP contribution in [0.4, 0.5) is 8.78 Å². The second-order valence-corrected chi connectivity index (χ2v) is 5.51. The predicted octanol–water partition coefficient (Wildman–Crippen LogP) is 3.82. The molecule has 0 fully saturated rings. The molecule has 0 aliphatic heterocycles. The van der Waals surface area contributed by atoms with E-state index in [4.69, 9.17) is 4.74 Å². The van der Waals surface area contributed by atoms with Crippen molar-refractivity contribution in [2.24, 2.45) is 0 Å². The van der Waals surface area contributed by atoms with Gasteiger partial charge in [0, 0.05) is 17.2 Å². The Morgan fingerprint density at radius 1 is 0.852 bits per heavy atom. The summed E-state index contributed by atoms with van der Waals surface area (Å²) >= 11 is 0. The maximum absolute atomic E-state index is 14.1. The van der Waals surface area contributed by atoms with Crippen LogP contribution >= 0.6 is 0 Å². The van der Waals surface area contributed by atoms with Gasteiger partial charge in [-0.1, -0.05) is 0 Å². The summed E-state index contributed by atoms with van der Waals surface area (Å²) in [5.41, 5.74) is -0.250. The second-order valence-electron chi connectivity index (χ2n) is 5.51. The topological polar surface area (TPSA) is 69.7 Å². The molecule has 0 aliphatic rings. The van der Waals surface area contributed by atoms with Crippen molar-refractivity contribution in [3.8, 4) is 0 Å². The molecule has 2 aromatic carbocycles. The third-order valence-corrected chi connectivity index (χ3v) is 3.78. The molecule has 2 aromatic rings. The highest BCUT2D eigenvalue weighted by Gasteiger charge is 2.17. The maximum atomic E-state index is 14.1. The Bertz CT molecular complexity index is 947. The zero-order valence-electron chi connectivity index (χ0n) is 14.8. The fourth-order valence-corrected chi connectivity index (χ4v) is 2.33. The summed E-state index contributed by atoms with van der Waals surface area (Å²) in [4.78, 5) is 35.5. The molecule has 2 rings (SSSR count). The first-order chi connectivity index (χ1) is 12.8. The quantitative estimate of drug-likeness (QED) is 0.333. The van der Waals surface area contributed by atoms with E-state index in [9.17, 15) is 23.2 Å². The molecule has 0 aromatic heterocycles. The first-order valence-corrected chi connectivity index (χ1v) is 7.77. The van der Waals surface area contributed by atoms with E-state index >= 15 is 0 Å². The van der Waals surface area contributed by atoms with Crippen LogP contribution in [0, 0.1) is 11.6 Å². The van der Waals surface area contributed by atoms with Crippen molar-refractivity contribution in [3.63, 3.8) is 0 Å². The van der Waals surface area contributed by atoms with Crippen molar-refractivity contribution in [1.29, 1.82) is 0 Å². The highest BCUT2D eigenvalue weighted by molar-refractivity contribution is 6.09. The number of rotatable bonds is 6. The van der Waals surface area contributed by atoms with Crippen LogP contribution in [-0.2, 0) is 9.47 Å². The van der Waals surface area contributed by atoms with Gasteiger partial charge in [-0.3, -0.25) is 9.59 Å². The molecule has 0 amide bonds. The van der Waals surface area contributed by atoms with Crippen LogP contribution in [0.1, 0.15) is 43.6 Å². The molecule has 0 radical (unpaired) electrons. The van der Waals surface area contributed by atoms with Crippen molar-refractivity contribution in [3.05, 3.63) is 76.4 Å². The molecule has 0 saturated heterocycles. The van der Waals surface area contributed by atoms with Gasteiger partial charge < -0.3 is 9.47 Å². The van der Waals surface area contributed by atoms with Crippen molar-refractivity contribution < 1.29 is 32.6 Å². The van der Waals surface area contributed by atoms with E-state index < -0.39 is 29.0 Å². The molecule has 27 heavy (non-hydrogen) atoms. The third-order valence-electron chi connectivity index (χ3n) is 3.78. The average molecular weight is 374 g/mol. The van der Waals surface area contributed by atoms with E-state index in [0.717, 1.165) is 31.4 Å². The van der Waals surface area contributed by atoms with Crippen LogP contribution in [0.15, 0.2) is 42.5 Å². The number of methoxy groups -OCH3 is 2. The molecule has 0 N–H and O–H groups in total. The number of halogens is 2. The SMILES string of the molecule is COC(=O)c1cc(C(=O)C=C(OC)c2cc(C(C)=O)ccc2F)ccc1F. The molecule has 7 heteroatoms. The summed E-state index contributed by atoms with van der Waals surface area (Å²) in [7, 11) is 2.33. The van der Waals surface area contributed by atoms with Crippen molar-refractivity contribution in [2.75, 3.05) is 14.2 Å². The molecule has 0 spiro atoms. The molecule has 5 nitrogen and oxygen atoms in total. The Hall–Kier alpha value is -3.35. The lowest BCUT2D eigenvalue weighted by molar-refractivity contribution is 0.0595. The fraction of sp³-hybridized carbons (Fsp3) is 0.150. The number of benzene rings is 2. The smallest absolute Gasteiger partial charge is 0.340 e. The number of esters is 1. The lowest BCUT2D eigenvalue weighted by Crippen LogP contribution is -2.07. The highest BCUT2D eigenvalue weighted by atomic mass is 19.1. The average Bonchev–Trinajstić information content (AvgIpc) is 2.66. The van der Waals surface area contributed by atoms with Gasteiger partial charge in [0.1, 0.15) is 17.4 Å². The van der Waals surface area contributed by atoms with Crippen LogP contribution in [0.2, 0.25) is 0 Å². The fourth-order valence-electron chi connectivity index (χ4n) is 2.33. The Balaban J connectivity index is 2.47. The van der Waals surface area contributed by atoms with Crippen molar-refractivity contribution >= 4 is 23.3 Å². The van der Waals surface area contributed by atoms with Gasteiger partial charge >= 0.3 is 5.97 Å². The van der Waals surface area contributed by atoms with Crippen LogP contribution in [0.5, 0.6) is 0 Å². The van der Waals surface area contributed by atoms with Gasteiger partial charge in [0.15, 0.2) is 11.6 Å². The van der Waals surface area contributed by atoms with Crippen LogP contribution in [-0.4, -0.2) is 31.8 Å². The normalized spacial score (nSPS) is 11.1. The van der Waals surface area contributed by atoms with E-state index in [1.807, 2.05) is 0 Å². The minimum Gasteiger partial charge on any atom is -0.496 e. The number of Topliss-reactive ketones (excluding diaryl/α,β-unsaturated/α-hetero) is 1. The molecule has 0 unspecified atom stereocenters. The number of ketones is 2. The number of carbonyl (C=O) groups excluding carboxylic acids is 3. The highest BCUT2D eigenvalue weighted by Crippen LogP contribution is 2.22. The zero-order chi connectivity index (χ0) is 20.1. The Labute approximate surface area is 154 Å². The van der Waals surface area contributed by atoms with Gasteiger partial charge in [-0.25, -0.2) is 13.6 Å². The Kier molecular flexibility index (Phi) is 6.18. The lowest BCUT2D eigenvalue weighted by Gasteiger charge is -2.09. The standard InChI is InChI=1S/C20H16F2O5/c1-11(23)12-4-6-16(21)14(8-12)19(26-2)10-18(24)13-5-7-17(22)15(9-13)20(25)27-3/h4-10H,1-3H3. The van der Waals surface area contributed by atoms with Gasteiger partial charge in [0.25, 0.3) is 0 Å². The molecule has 0 aliphatic carbocycles. The summed E-state index contributed by atoms with van der Waals surface area (Å²) in [6.07, 6.45) is 0.997. The van der Waals surface area contributed by atoms with Crippen LogP contribution in [0.3, 0.4) is 0 Å². The zero-order valence-corrected chi connectivity index (χ0v) is 14.8. The summed E-state index contributed by atoms with van der Waals surface area (Å²) in [5, 5.41) is 0. The van der Waals surface area contributed by atoms with Crippen LogP contribution in [0.25, 0.3) is 5.76 Å². The van der Waals surface area contributed by atoms with Gasteiger partial charge in [0.2, 0.25) is 0 Å². The summed E-state index contributed by atoms with van der Waals surface area (Å²) < 4.78 is 37.4. The van der Waals surface area contributed by atoms with Crippen molar-refractivity contribution in [1.82, 2.24) is 0 Å². The van der Waals surface area contributed by atoms with Gasteiger partial charge in [-0.15, -0.1) is 0 Å². The van der Waals surface area contributed by atoms with Gasteiger partial charge in [-0.2, -0.15) is 0 Å². The number of ether oxygens (including phenoxy) is 2. The van der Waals surface area contributed by atoms with E-state index in [0.29, 0.717) is 0 Å².